The van der Waals surface area contributed by atoms with Crippen molar-refractivity contribution in [1.29, 1.82) is 0 Å². The minimum absolute atomic E-state index is 0.0356. The van der Waals surface area contributed by atoms with Crippen LogP contribution in [0.2, 0.25) is 0 Å². The van der Waals surface area contributed by atoms with E-state index in [4.69, 9.17) is 0 Å². The van der Waals surface area contributed by atoms with Gasteiger partial charge in [0.05, 0.1) is 11.1 Å². The molecule has 0 bridgehead atoms. The van der Waals surface area contributed by atoms with Gasteiger partial charge < -0.3 is 20.8 Å². The first-order valence-electron chi connectivity index (χ1n) is 13.2. The molecule has 5 aromatic carbocycles. The first kappa shape index (κ1) is 29.1. The Morgan fingerprint density at radius 1 is 0.698 bits per heavy atom. The molecule has 43 heavy (non-hydrogen) atoms. The second-order valence-corrected chi connectivity index (χ2v) is 10.9. The average Bonchev–Trinajstić information content (AvgIpc) is 3.00. The zero-order valence-corrected chi connectivity index (χ0v) is 23.7. The Balaban J connectivity index is 1.41. The Kier molecular flexibility index (Phi) is 8.54. The molecule has 0 aromatic heterocycles. The predicted molar refractivity (Wildman–Crippen MR) is 167 cm³/mol. The number of carbonyl (C=O) groups is 4. The molecule has 0 saturated carbocycles. The molecule has 0 heterocycles. The Hall–Kier alpha value is -5.41. The second-order valence-electron chi connectivity index (χ2n) is 9.73. The maximum atomic E-state index is 13.6. The molecule has 0 saturated heterocycles. The second kappa shape index (κ2) is 12.6. The zero-order valence-electron chi connectivity index (χ0n) is 22.9. The lowest BCUT2D eigenvalue weighted by Gasteiger charge is -2.19. The minimum atomic E-state index is -1.13. The van der Waals surface area contributed by atoms with Gasteiger partial charge in [0.2, 0.25) is 5.91 Å². The van der Waals surface area contributed by atoms with E-state index in [0.29, 0.717) is 27.0 Å². The zero-order chi connectivity index (χ0) is 30.5. The lowest BCUT2D eigenvalue weighted by Crippen LogP contribution is -2.20. The number of carbonyl (C=O) groups excluding carboxylic acids is 2. The summed E-state index contributed by atoms with van der Waals surface area (Å²) in [6.07, 6.45) is 0. The molecule has 1 atom stereocenters. The van der Waals surface area contributed by atoms with Gasteiger partial charge in [-0.1, -0.05) is 66.7 Å². The first-order chi connectivity index (χ1) is 20.7. The van der Waals surface area contributed by atoms with Gasteiger partial charge in [0, 0.05) is 27.2 Å². The van der Waals surface area contributed by atoms with E-state index < -0.39 is 23.1 Å². The summed E-state index contributed by atoms with van der Waals surface area (Å²) in [4.78, 5) is 51.0. The SMILES string of the molecule is Cc1ccc(C(=O)O)cc1NC(=O)C(Sc1cccc(NC(=O)c2cccc3cccc(C(=O)O)c23)c1)c1ccccc1. The topological polar surface area (TPSA) is 133 Å². The van der Waals surface area contributed by atoms with Crippen molar-refractivity contribution in [3.8, 4) is 0 Å². The van der Waals surface area contributed by atoms with Crippen LogP contribution in [0.1, 0.15) is 47.5 Å². The third-order valence-electron chi connectivity index (χ3n) is 6.81. The van der Waals surface area contributed by atoms with Crippen LogP contribution in [0, 0.1) is 6.92 Å². The van der Waals surface area contributed by atoms with Crippen LogP contribution in [0.4, 0.5) is 11.4 Å². The first-order valence-corrected chi connectivity index (χ1v) is 14.1. The highest BCUT2D eigenvalue weighted by Gasteiger charge is 2.24. The van der Waals surface area contributed by atoms with Crippen molar-refractivity contribution < 1.29 is 29.4 Å². The summed E-state index contributed by atoms with van der Waals surface area (Å²) >= 11 is 1.27. The maximum absolute atomic E-state index is 13.6. The lowest BCUT2D eigenvalue weighted by molar-refractivity contribution is -0.115. The van der Waals surface area contributed by atoms with Crippen molar-refractivity contribution >= 4 is 57.7 Å². The fraction of sp³-hybridized carbons (Fsp3) is 0.0588. The van der Waals surface area contributed by atoms with E-state index in [1.807, 2.05) is 36.4 Å². The third-order valence-corrected chi connectivity index (χ3v) is 8.06. The number of anilines is 2. The van der Waals surface area contributed by atoms with Crippen molar-refractivity contribution in [2.45, 2.75) is 17.1 Å². The summed E-state index contributed by atoms with van der Waals surface area (Å²) in [5.74, 6) is -3.02. The number of thioether (sulfide) groups is 1. The van der Waals surface area contributed by atoms with Gasteiger partial charge in [0.25, 0.3) is 5.91 Å². The summed E-state index contributed by atoms with van der Waals surface area (Å²) in [6.45, 7) is 1.79. The van der Waals surface area contributed by atoms with Gasteiger partial charge in [-0.2, -0.15) is 0 Å². The predicted octanol–water partition coefficient (Wildman–Crippen LogP) is 7.27. The molecule has 214 valence electrons. The van der Waals surface area contributed by atoms with Crippen LogP contribution in [0.3, 0.4) is 0 Å². The number of fused-ring (bicyclic) bond motifs is 1. The van der Waals surface area contributed by atoms with E-state index in [1.165, 1.54) is 30.0 Å². The molecule has 0 aliphatic heterocycles. The van der Waals surface area contributed by atoms with Gasteiger partial charge in [0.15, 0.2) is 0 Å². The summed E-state index contributed by atoms with van der Waals surface area (Å²) in [6, 6.07) is 30.7. The molecule has 4 N–H and O–H groups in total. The summed E-state index contributed by atoms with van der Waals surface area (Å²) in [7, 11) is 0. The van der Waals surface area contributed by atoms with Crippen molar-refractivity contribution in [2.24, 2.45) is 0 Å². The number of hydrogen-bond donors (Lipinski definition) is 4. The average molecular weight is 591 g/mol. The summed E-state index contributed by atoms with van der Waals surface area (Å²) in [5.41, 5.74) is 2.67. The molecule has 1 unspecified atom stereocenters. The Bertz CT molecular complexity index is 1870. The third kappa shape index (κ3) is 6.58. The fourth-order valence-corrected chi connectivity index (χ4v) is 5.76. The highest BCUT2D eigenvalue weighted by Crippen LogP contribution is 2.37. The molecule has 8 nitrogen and oxygen atoms in total. The van der Waals surface area contributed by atoms with E-state index in [9.17, 15) is 29.4 Å². The van der Waals surface area contributed by atoms with E-state index in [-0.39, 0.29) is 22.6 Å². The smallest absolute Gasteiger partial charge is 0.336 e. The summed E-state index contributed by atoms with van der Waals surface area (Å²) < 4.78 is 0. The van der Waals surface area contributed by atoms with Crippen LogP contribution in [-0.2, 0) is 4.79 Å². The number of benzene rings is 5. The van der Waals surface area contributed by atoms with Gasteiger partial charge in [-0.15, -0.1) is 11.8 Å². The quantitative estimate of drug-likeness (QED) is 0.133. The van der Waals surface area contributed by atoms with E-state index >= 15 is 0 Å². The molecule has 5 rings (SSSR count). The van der Waals surface area contributed by atoms with Gasteiger partial charge in [-0.3, -0.25) is 9.59 Å². The molecule has 0 spiro atoms. The standard InChI is InChI=1S/C34H26N2O6S/c1-20-16-17-23(33(39)40)18-28(20)36-32(38)30(22-8-3-2-4-9-22)43-25-13-7-12-24(19-25)35-31(37)26-14-5-10-21-11-6-15-27(29(21)26)34(41)42/h2-19,30H,1H3,(H,35,37)(H,36,38)(H,39,40)(H,41,42). The van der Waals surface area contributed by atoms with Crippen LogP contribution >= 0.6 is 11.8 Å². The van der Waals surface area contributed by atoms with E-state index in [2.05, 4.69) is 10.6 Å². The molecule has 0 fully saturated rings. The highest BCUT2D eigenvalue weighted by molar-refractivity contribution is 8.00. The number of rotatable bonds is 9. The monoisotopic (exact) mass is 590 g/mol. The largest absolute Gasteiger partial charge is 0.478 e. The van der Waals surface area contributed by atoms with Gasteiger partial charge in [-0.05, 0) is 65.9 Å². The molecular formula is C34H26N2O6S. The number of aryl methyl sites for hydroxylation is 1. The van der Waals surface area contributed by atoms with Crippen molar-refractivity contribution in [2.75, 3.05) is 10.6 Å². The Morgan fingerprint density at radius 2 is 1.40 bits per heavy atom. The Labute approximate surface area is 251 Å². The van der Waals surface area contributed by atoms with Gasteiger partial charge in [-0.25, -0.2) is 9.59 Å². The van der Waals surface area contributed by atoms with Gasteiger partial charge >= 0.3 is 11.9 Å². The molecule has 0 aliphatic rings. The highest BCUT2D eigenvalue weighted by atomic mass is 32.2. The minimum Gasteiger partial charge on any atom is -0.478 e. The van der Waals surface area contributed by atoms with Crippen LogP contribution in [0.25, 0.3) is 10.8 Å². The summed E-state index contributed by atoms with van der Waals surface area (Å²) in [5, 5.41) is 25.1. The molecule has 0 radical (unpaired) electrons. The van der Waals surface area contributed by atoms with Crippen molar-refractivity contribution in [3.05, 3.63) is 137 Å². The van der Waals surface area contributed by atoms with Gasteiger partial charge in [0.1, 0.15) is 5.25 Å². The lowest BCUT2D eigenvalue weighted by atomic mass is 9.98. The molecular weight excluding hydrogens is 564 g/mol. The normalized spacial score (nSPS) is 11.5. The molecule has 5 aromatic rings. The van der Waals surface area contributed by atoms with Crippen molar-refractivity contribution in [3.63, 3.8) is 0 Å². The van der Waals surface area contributed by atoms with Crippen LogP contribution in [-0.4, -0.2) is 34.0 Å². The van der Waals surface area contributed by atoms with Crippen LogP contribution < -0.4 is 10.6 Å². The number of nitrogens with one attached hydrogen (secondary N) is 2. The van der Waals surface area contributed by atoms with E-state index in [1.54, 1.807) is 61.5 Å². The number of carboxylic acid groups (broad SMARTS) is 2. The molecule has 0 aliphatic carbocycles. The van der Waals surface area contributed by atoms with Crippen LogP contribution in [0.5, 0.6) is 0 Å². The molecule has 2 amide bonds. The fourth-order valence-electron chi connectivity index (χ4n) is 4.68. The van der Waals surface area contributed by atoms with Crippen LogP contribution in [0.15, 0.2) is 114 Å². The molecule has 9 heteroatoms. The number of hydrogen-bond acceptors (Lipinski definition) is 5. The Morgan fingerprint density at radius 3 is 2.09 bits per heavy atom. The van der Waals surface area contributed by atoms with Crippen molar-refractivity contribution in [1.82, 2.24) is 0 Å². The number of carboxylic acids is 2. The number of aromatic carboxylic acids is 2. The maximum Gasteiger partial charge on any atom is 0.336 e. The number of amides is 2. The van der Waals surface area contributed by atoms with E-state index in [0.717, 1.165) is 11.1 Å².